The van der Waals surface area contributed by atoms with Crippen LogP contribution in [0.25, 0.3) is 0 Å². The third-order valence-electron chi connectivity index (χ3n) is 1.99. The second-order valence-corrected chi connectivity index (χ2v) is 2.92. The molecule has 0 unspecified atom stereocenters. The molecule has 13 heavy (non-hydrogen) atoms. The minimum Gasteiger partial charge on any atom is -0.294 e. The first kappa shape index (κ1) is 9.47. The minimum absolute atomic E-state index is 0.0922. The molecular formula is C11H11NO. The van der Waals surface area contributed by atoms with Gasteiger partial charge in [-0.25, -0.2) is 0 Å². The summed E-state index contributed by atoms with van der Waals surface area (Å²) in [7, 11) is 0. The molecule has 0 amide bonds. The Labute approximate surface area is 77.8 Å². The quantitative estimate of drug-likeness (QED) is 0.644. The van der Waals surface area contributed by atoms with Crippen LogP contribution in [0.2, 0.25) is 0 Å². The second kappa shape index (κ2) is 3.86. The van der Waals surface area contributed by atoms with Gasteiger partial charge in [-0.05, 0) is 24.6 Å². The van der Waals surface area contributed by atoms with Gasteiger partial charge in [0.2, 0.25) is 0 Å². The lowest BCUT2D eigenvalue weighted by atomic mass is 10.0. The van der Waals surface area contributed by atoms with Crippen molar-refractivity contribution < 1.29 is 4.79 Å². The van der Waals surface area contributed by atoms with Gasteiger partial charge in [-0.15, -0.1) is 0 Å². The maximum atomic E-state index is 11.4. The van der Waals surface area contributed by atoms with Crippen LogP contribution in [0.5, 0.6) is 0 Å². The molecule has 0 spiro atoms. The van der Waals surface area contributed by atoms with Gasteiger partial charge in [-0.1, -0.05) is 13.0 Å². The van der Waals surface area contributed by atoms with Crippen LogP contribution in [0, 0.1) is 18.3 Å². The van der Waals surface area contributed by atoms with E-state index in [1.807, 2.05) is 19.9 Å². The number of Topliss-reactive ketones (excluding diaryl/α,β-unsaturated/α-hetero) is 1. The molecule has 66 valence electrons. The normalized spacial score (nSPS) is 9.31. The Hall–Kier alpha value is -1.62. The number of nitriles is 1. The zero-order valence-electron chi connectivity index (χ0n) is 7.79. The molecule has 0 aliphatic heterocycles. The van der Waals surface area contributed by atoms with E-state index in [0.717, 1.165) is 5.56 Å². The number of ketones is 1. The van der Waals surface area contributed by atoms with Gasteiger partial charge in [-0.2, -0.15) is 5.26 Å². The number of nitrogens with zero attached hydrogens (tertiary/aromatic N) is 1. The number of aryl methyl sites for hydroxylation is 1. The third kappa shape index (κ3) is 1.94. The smallest absolute Gasteiger partial charge is 0.162 e. The lowest BCUT2D eigenvalue weighted by Gasteiger charge is -2.02. The molecule has 0 aromatic heterocycles. The van der Waals surface area contributed by atoms with Gasteiger partial charge in [0.25, 0.3) is 0 Å². The first-order valence-corrected chi connectivity index (χ1v) is 4.23. The summed E-state index contributed by atoms with van der Waals surface area (Å²) >= 11 is 0. The van der Waals surface area contributed by atoms with Crippen LogP contribution in [0.15, 0.2) is 18.2 Å². The number of hydrogen-bond donors (Lipinski definition) is 0. The Kier molecular flexibility index (Phi) is 2.81. The Morgan fingerprint density at radius 3 is 2.77 bits per heavy atom. The molecule has 0 heterocycles. The minimum atomic E-state index is 0.0922. The highest BCUT2D eigenvalue weighted by Crippen LogP contribution is 2.12. The molecule has 1 aromatic rings. The van der Waals surface area contributed by atoms with Crippen molar-refractivity contribution in [3.8, 4) is 6.07 Å². The van der Waals surface area contributed by atoms with Crippen LogP contribution >= 0.6 is 0 Å². The molecule has 1 rings (SSSR count). The van der Waals surface area contributed by atoms with Gasteiger partial charge >= 0.3 is 0 Å². The molecule has 2 nitrogen and oxygen atoms in total. The highest BCUT2D eigenvalue weighted by Gasteiger charge is 2.06. The molecule has 0 fully saturated rings. The fraction of sp³-hybridized carbons (Fsp3) is 0.273. The number of benzene rings is 1. The standard InChI is InChI=1S/C11H11NO/c1-3-11(13)10-6-9(7-12)5-4-8(10)2/h4-6H,3H2,1-2H3. The summed E-state index contributed by atoms with van der Waals surface area (Å²) in [6.07, 6.45) is 0.482. The number of hydrogen-bond acceptors (Lipinski definition) is 2. The predicted molar refractivity (Wildman–Crippen MR) is 50.5 cm³/mol. The van der Waals surface area contributed by atoms with Gasteiger partial charge < -0.3 is 0 Å². The van der Waals surface area contributed by atoms with Crippen molar-refractivity contribution >= 4 is 5.78 Å². The van der Waals surface area contributed by atoms with E-state index < -0.39 is 0 Å². The average molecular weight is 173 g/mol. The summed E-state index contributed by atoms with van der Waals surface area (Å²) < 4.78 is 0. The van der Waals surface area contributed by atoms with Crippen LogP contribution in [0.3, 0.4) is 0 Å². The summed E-state index contributed by atoms with van der Waals surface area (Å²) in [4.78, 5) is 11.4. The van der Waals surface area contributed by atoms with Gasteiger partial charge in [0.15, 0.2) is 5.78 Å². The molecule has 0 radical (unpaired) electrons. The van der Waals surface area contributed by atoms with Crippen molar-refractivity contribution in [1.29, 1.82) is 5.26 Å². The van der Waals surface area contributed by atoms with Crippen LogP contribution in [-0.2, 0) is 0 Å². The Bertz CT molecular complexity index is 374. The van der Waals surface area contributed by atoms with Gasteiger partial charge in [-0.3, -0.25) is 4.79 Å². The zero-order chi connectivity index (χ0) is 9.84. The Morgan fingerprint density at radius 2 is 2.23 bits per heavy atom. The van der Waals surface area contributed by atoms with E-state index in [0.29, 0.717) is 17.5 Å². The average Bonchev–Trinajstić information content (AvgIpc) is 2.17. The summed E-state index contributed by atoms with van der Waals surface area (Å²) in [5.74, 6) is 0.0922. The first-order chi connectivity index (χ1) is 6.19. The maximum absolute atomic E-state index is 11.4. The van der Waals surface area contributed by atoms with E-state index >= 15 is 0 Å². The molecule has 0 aliphatic rings. The fourth-order valence-electron chi connectivity index (χ4n) is 1.18. The van der Waals surface area contributed by atoms with E-state index in [1.165, 1.54) is 0 Å². The predicted octanol–water partition coefficient (Wildman–Crippen LogP) is 2.46. The van der Waals surface area contributed by atoms with Crippen molar-refractivity contribution in [2.24, 2.45) is 0 Å². The van der Waals surface area contributed by atoms with Gasteiger partial charge in [0, 0.05) is 12.0 Å². The molecule has 0 atom stereocenters. The molecule has 0 N–H and O–H groups in total. The van der Waals surface area contributed by atoms with E-state index in [4.69, 9.17) is 5.26 Å². The summed E-state index contributed by atoms with van der Waals surface area (Å²) in [6, 6.07) is 7.21. The number of carbonyl (C=O) groups excluding carboxylic acids is 1. The van der Waals surface area contributed by atoms with Crippen molar-refractivity contribution in [1.82, 2.24) is 0 Å². The van der Waals surface area contributed by atoms with E-state index in [2.05, 4.69) is 0 Å². The van der Waals surface area contributed by atoms with Crippen LogP contribution in [0.1, 0.15) is 34.8 Å². The topological polar surface area (TPSA) is 40.9 Å². The highest BCUT2D eigenvalue weighted by atomic mass is 16.1. The highest BCUT2D eigenvalue weighted by molar-refractivity contribution is 5.97. The SMILES string of the molecule is CCC(=O)c1cc(C#N)ccc1C. The molecule has 0 bridgehead atoms. The molecule has 0 saturated carbocycles. The monoisotopic (exact) mass is 173 g/mol. The largest absolute Gasteiger partial charge is 0.294 e. The van der Waals surface area contributed by atoms with Crippen LogP contribution in [0.4, 0.5) is 0 Å². The number of carbonyl (C=O) groups is 1. The molecule has 0 saturated heterocycles. The van der Waals surface area contributed by atoms with E-state index in [1.54, 1.807) is 18.2 Å². The molecule has 2 heteroatoms. The van der Waals surface area contributed by atoms with Crippen molar-refractivity contribution in [2.45, 2.75) is 20.3 Å². The number of rotatable bonds is 2. The lowest BCUT2D eigenvalue weighted by molar-refractivity contribution is 0.0987. The van der Waals surface area contributed by atoms with E-state index in [-0.39, 0.29) is 5.78 Å². The Balaban J connectivity index is 3.20. The summed E-state index contributed by atoms with van der Waals surface area (Å²) in [5, 5.41) is 8.65. The van der Waals surface area contributed by atoms with Crippen LogP contribution < -0.4 is 0 Å². The zero-order valence-corrected chi connectivity index (χ0v) is 7.79. The summed E-state index contributed by atoms with van der Waals surface area (Å²) in [5.41, 5.74) is 2.15. The van der Waals surface area contributed by atoms with Gasteiger partial charge in [0.05, 0.1) is 11.6 Å². The van der Waals surface area contributed by atoms with Crippen LogP contribution in [-0.4, -0.2) is 5.78 Å². The molecular weight excluding hydrogens is 162 g/mol. The lowest BCUT2D eigenvalue weighted by Crippen LogP contribution is -2.00. The van der Waals surface area contributed by atoms with E-state index in [9.17, 15) is 4.79 Å². The second-order valence-electron chi connectivity index (χ2n) is 2.92. The fourth-order valence-corrected chi connectivity index (χ4v) is 1.18. The van der Waals surface area contributed by atoms with Crippen molar-refractivity contribution in [3.05, 3.63) is 34.9 Å². The molecule has 0 aliphatic carbocycles. The molecule has 1 aromatic carbocycles. The van der Waals surface area contributed by atoms with Crippen molar-refractivity contribution in [3.63, 3.8) is 0 Å². The first-order valence-electron chi connectivity index (χ1n) is 4.23. The third-order valence-corrected chi connectivity index (χ3v) is 1.99. The summed E-state index contributed by atoms with van der Waals surface area (Å²) in [6.45, 7) is 3.70. The Morgan fingerprint density at radius 1 is 1.54 bits per heavy atom. The van der Waals surface area contributed by atoms with Gasteiger partial charge in [0.1, 0.15) is 0 Å². The maximum Gasteiger partial charge on any atom is 0.162 e. The van der Waals surface area contributed by atoms with Crippen molar-refractivity contribution in [2.75, 3.05) is 0 Å².